The van der Waals surface area contributed by atoms with Gasteiger partial charge < -0.3 is 14.6 Å². The molecule has 7 nitrogen and oxygen atoms in total. The Morgan fingerprint density at radius 2 is 2.38 bits per heavy atom. The van der Waals surface area contributed by atoms with E-state index in [2.05, 4.69) is 15.5 Å². The quantitative estimate of drug-likeness (QED) is 0.844. The van der Waals surface area contributed by atoms with Gasteiger partial charge in [-0.2, -0.15) is 5.10 Å². The van der Waals surface area contributed by atoms with E-state index in [-0.39, 0.29) is 17.9 Å². The molecule has 0 aromatic carbocycles. The number of hydrogen-bond donors (Lipinski definition) is 2. The normalized spacial score (nSPS) is 17.7. The minimum Gasteiger partial charge on any atom is -0.459 e. The number of rotatable bonds is 6. The molecule has 1 aliphatic heterocycles. The van der Waals surface area contributed by atoms with Crippen LogP contribution in [-0.2, 0) is 11.2 Å². The third-order valence-corrected chi connectivity index (χ3v) is 4.23. The molecule has 0 saturated carbocycles. The van der Waals surface area contributed by atoms with Gasteiger partial charge in [0.1, 0.15) is 0 Å². The van der Waals surface area contributed by atoms with Crippen molar-refractivity contribution in [3.8, 4) is 0 Å². The lowest BCUT2D eigenvalue weighted by molar-refractivity contribution is -0.122. The van der Waals surface area contributed by atoms with Crippen LogP contribution in [0.15, 0.2) is 35.2 Å². The van der Waals surface area contributed by atoms with Gasteiger partial charge in [-0.1, -0.05) is 0 Å². The molecule has 3 rings (SSSR count). The van der Waals surface area contributed by atoms with E-state index in [9.17, 15) is 9.59 Å². The molecule has 1 aliphatic rings. The van der Waals surface area contributed by atoms with Crippen LogP contribution < -0.4 is 5.32 Å². The average Bonchev–Trinajstić information content (AvgIpc) is 3.28. The number of aromatic nitrogens is 2. The van der Waals surface area contributed by atoms with Gasteiger partial charge in [0.15, 0.2) is 5.76 Å². The number of aryl methyl sites for hydroxylation is 1. The highest BCUT2D eigenvalue weighted by molar-refractivity contribution is 5.91. The zero-order valence-corrected chi connectivity index (χ0v) is 13.5. The van der Waals surface area contributed by atoms with E-state index in [1.54, 1.807) is 23.2 Å². The molecule has 3 heterocycles. The first-order valence-corrected chi connectivity index (χ1v) is 8.32. The molecular weight excluding hydrogens is 308 g/mol. The van der Waals surface area contributed by atoms with Gasteiger partial charge in [-0.15, -0.1) is 0 Å². The zero-order valence-electron chi connectivity index (χ0n) is 13.5. The fraction of sp³-hybridized carbons (Fsp3) is 0.471. The number of aromatic amines is 1. The van der Waals surface area contributed by atoms with Gasteiger partial charge in [0.05, 0.1) is 12.5 Å². The minimum absolute atomic E-state index is 0.0130. The number of carbonyl (C=O) groups is 2. The van der Waals surface area contributed by atoms with Crippen LogP contribution in [-0.4, -0.2) is 46.0 Å². The second kappa shape index (κ2) is 7.81. The first kappa shape index (κ1) is 16.3. The minimum atomic E-state index is -0.112. The van der Waals surface area contributed by atoms with Gasteiger partial charge in [0.25, 0.3) is 5.91 Å². The van der Waals surface area contributed by atoms with E-state index in [0.29, 0.717) is 25.3 Å². The van der Waals surface area contributed by atoms with Gasteiger partial charge in [-0.25, -0.2) is 0 Å². The highest BCUT2D eigenvalue weighted by Crippen LogP contribution is 2.14. The highest BCUT2D eigenvalue weighted by Gasteiger charge is 2.26. The van der Waals surface area contributed by atoms with Gasteiger partial charge >= 0.3 is 0 Å². The van der Waals surface area contributed by atoms with Crippen molar-refractivity contribution >= 4 is 11.8 Å². The van der Waals surface area contributed by atoms with Crippen LogP contribution in [0, 0.1) is 0 Å². The molecule has 0 spiro atoms. The Bertz CT molecular complexity index is 651. The van der Waals surface area contributed by atoms with Crippen molar-refractivity contribution in [2.45, 2.75) is 38.1 Å². The fourth-order valence-electron chi connectivity index (χ4n) is 3.00. The molecule has 0 unspecified atom stereocenters. The number of carbonyl (C=O) groups excluding carboxylic acids is 2. The summed E-state index contributed by atoms with van der Waals surface area (Å²) in [7, 11) is 0. The van der Waals surface area contributed by atoms with Crippen LogP contribution in [0.5, 0.6) is 0 Å². The van der Waals surface area contributed by atoms with Crippen LogP contribution in [0.25, 0.3) is 0 Å². The summed E-state index contributed by atoms with van der Waals surface area (Å²) in [6.07, 6.45) is 8.99. The topological polar surface area (TPSA) is 91.2 Å². The Balaban J connectivity index is 1.43. The zero-order chi connectivity index (χ0) is 16.8. The number of likely N-dealkylation sites (tertiary alicyclic amines) is 1. The third-order valence-electron chi connectivity index (χ3n) is 4.23. The third kappa shape index (κ3) is 4.24. The maximum absolute atomic E-state index is 12.3. The highest BCUT2D eigenvalue weighted by atomic mass is 16.3. The molecule has 128 valence electrons. The molecule has 2 aromatic heterocycles. The molecule has 0 bridgehead atoms. The molecule has 2 aromatic rings. The predicted octanol–water partition coefficient (Wildman–Crippen LogP) is 1.75. The van der Waals surface area contributed by atoms with Crippen LogP contribution in [0.4, 0.5) is 0 Å². The van der Waals surface area contributed by atoms with E-state index < -0.39 is 0 Å². The lowest BCUT2D eigenvalue weighted by atomic mass is 10.0. The molecule has 1 atom stereocenters. The second-order valence-corrected chi connectivity index (χ2v) is 6.10. The molecule has 0 aliphatic carbocycles. The van der Waals surface area contributed by atoms with Gasteiger partial charge in [-0.05, 0) is 43.4 Å². The van der Waals surface area contributed by atoms with Gasteiger partial charge in [0, 0.05) is 31.7 Å². The van der Waals surface area contributed by atoms with Crippen molar-refractivity contribution in [2.24, 2.45) is 0 Å². The summed E-state index contributed by atoms with van der Waals surface area (Å²) in [5, 5.41) is 9.70. The van der Waals surface area contributed by atoms with Crippen molar-refractivity contribution in [3.05, 3.63) is 42.1 Å². The van der Waals surface area contributed by atoms with Crippen molar-refractivity contribution in [1.82, 2.24) is 20.4 Å². The molecule has 1 saturated heterocycles. The average molecular weight is 330 g/mol. The number of furan rings is 1. The maximum Gasteiger partial charge on any atom is 0.289 e. The maximum atomic E-state index is 12.3. The monoisotopic (exact) mass is 330 g/mol. The largest absolute Gasteiger partial charge is 0.459 e. The molecule has 0 radical (unpaired) electrons. The SMILES string of the molecule is O=C(CCCc1cn[nH]c1)N[C@H]1CCCN(C(=O)c2ccco2)C1. The Kier molecular flexibility index (Phi) is 5.30. The summed E-state index contributed by atoms with van der Waals surface area (Å²) < 4.78 is 5.17. The van der Waals surface area contributed by atoms with Crippen LogP contribution in [0.3, 0.4) is 0 Å². The van der Waals surface area contributed by atoms with Crippen LogP contribution in [0.2, 0.25) is 0 Å². The molecular formula is C17H22N4O3. The first-order chi connectivity index (χ1) is 11.7. The van der Waals surface area contributed by atoms with E-state index in [0.717, 1.165) is 31.2 Å². The number of amides is 2. The van der Waals surface area contributed by atoms with Crippen molar-refractivity contribution in [3.63, 3.8) is 0 Å². The van der Waals surface area contributed by atoms with E-state index >= 15 is 0 Å². The molecule has 24 heavy (non-hydrogen) atoms. The van der Waals surface area contributed by atoms with Gasteiger partial charge in [0.2, 0.25) is 5.91 Å². The second-order valence-electron chi connectivity index (χ2n) is 6.10. The first-order valence-electron chi connectivity index (χ1n) is 8.32. The smallest absolute Gasteiger partial charge is 0.289 e. The molecule has 7 heteroatoms. The molecule has 2 N–H and O–H groups in total. The van der Waals surface area contributed by atoms with Crippen LogP contribution in [0.1, 0.15) is 41.8 Å². The summed E-state index contributed by atoms with van der Waals surface area (Å²) in [6.45, 7) is 1.24. The van der Waals surface area contributed by atoms with Crippen LogP contribution >= 0.6 is 0 Å². The Labute approximate surface area is 140 Å². The lowest BCUT2D eigenvalue weighted by Gasteiger charge is -2.32. The number of H-pyrrole nitrogens is 1. The standard InChI is InChI=1S/C17H22N4O3/c22-16(7-1-4-13-10-18-19-11-13)20-14-5-2-8-21(12-14)17(23)15-6-3-9-24-15/h3,6,9-11,14H,1-2,4-5,7-8,12H2,(H,18,19)(H,20,22)/t14-/m0/s1. The van der Waals surface area contributed by atoms with E-state index in [1.807, 2.05) is 6.20 Å². The predicted molar refractivity (Wildman–Crippen MR) is 87.3 cm³/mol. The summed E-state index contributed by atoms with van der Waals surface area (Å²) in [5.74, 6) is 0.275. The number of nitrogens with zero attached hydrogens (tertiary/aromatic N) is 2. The molecule has 1 fully saturated rings. The van der Waals surface area contributed by atoms with E-state index in [1.165, 1.54) is 6.26 Å². The van der Waals surface area contributed by atoms with Gasteiger partial charge in [-0.3, -0.25) is 14.7 Å². The summed E-state index contributed by atoms with van der Waals surface area (Å²) in [4.78, 5) is 26.1. The Morgan fingerprint density at radius 3 is 3.12 bits per heavy atom. The molecule has 2 amide bonds. The lowest BCUT2D eigenvalue weighted by Crippen LogP contribution is -2.49. The van der Waals surface area contributed by atoms with Crippen molar-refractivity contribution < 1.29 is 14.0 Å². The fourth-order valence-corrected chi connectivity index (χ4v) is 3.00. The van der Waals surface area contributed by atoms with Crippen molar-refractivity contribution in [1.29, 1.82) is 0 Å². The van der Waals surface area contributed by atoms with Crippen molar-refractivity contribution in [2.75, 3.05) is 13.1 Å². The summed E-state index contributed by atoms with van der Waals surface area (Å²) >= 11 is 0. The number of nitrogens with one attached hydrogen (secondary N) is 2. The summed E-state index contributed by atoms with van der Waals surface area (Å²) in [6, 6.07) is 3.38. The number of hydrogen-bond acceptors (Lipinski definition) is 4. The van der Waals surface area contributed by atoms with E-state index in [4.69, 9.17) is 4.42 Å². The summed E-state index contributed by atoms with van der Waals surface area (Å²) in [5.41, 5.74) is 1.11. The number of piperidine rings is 1. The Hall–Kier alpha value is -2.57. The Morgan fingerprint density at radius 1 is 1.46 bits per heavy atom.